The molecule has 0 aromatic heterocycles. The lowest BCUT2D eigenvalue weighted by Crippen LogP contribution is -2.41. The minimum Gasteiger partial charge on any atom is -0.455 e. The van der Waals surface area contributed by atoms with Gasteiger partial charge in [-0.25, -0.2) is 0 Å². The molecule has 218 valence electrons. The number of unbranched alkanes of at least 4 members (excludes halogenated alkanes) is 11. The lowest BCUT2D eigenvalue weighted by atomic mass is 10.0. The highest BCUT2D eigenvalue weighted by molar-refractivity contribution is 5.69. The van der Waals surface area contributed by atoms with Gasteiger partial charge in [-0.3, -0.25) is 4.79 Å². The lowest BCUT2D eigenvalue weighted by Gasteiger charge is -2.29. The molecule has 0 bridgehead atoms. The SMILES string of the molecule is CCCCCCCCCCCCCCc1ccc(OC(CC)OC(=O)CC[N+](C)(C)Cc2ccccc2)cc1. The average molecular weight is 539 g/mol. The molecule has 0 aliphatic heterocycles. The number of aryl methyl sites for hydroxylation is 1. The van der Waals surface area contributed by atoms with Gasteiger partial charge in [0, 0.05) is 12.0 Å². The first kappa shape index (κ1) is 32.9. The molecule has 39 heavy (non-hydrogen) atoms. The number of ether oxygens (including phenoxy) is 2. The van der Waals surface area contributed by atoms with Crippen molar-refractivity contribution < 1.29 is 18.8 Å². The van der Waals surface area contributed by atoms with Crippen LogP contribution in [0.5, 0.6) is 5.75 Å². The van der Waals surface area contributed by atoms with Crippen molar-refractivity contribution in [1.29, 1.82) is 0 Å². The van der Waals surface area contributed by atoms with Crippen molar-refractivity contribution in [2.45, 2.75) is 123 Å². The number of hydrogen-bond donors (Lipinski definition) is 0. The quantitative estimate of drug-likeness (QED) is 0.0648. The highest BCUT2D eigenvalue weighted by Crippen LogP contribution is 2.19. The summed E-state index contributed by atoms with van der Waals surface area (Å²) < 4.78 is 12.4. The molecule has 2 aromatic carbocycles. The van der Waals surface area contributed by atoms with Gasteiger partial charge in [0.1, 0.15) is 12.3 Å². The third-order valence-electron chi connectivity index (χ3n) is 7.48. The maximum atomic E-state index is 12.5. The molecule has 4 nitrogen and oxygen atoms in total. The summed E-state index contributed by atoms with van der Waals surface area (Å²) in [5, 5.41) is 0. The molecule has 0 heterocycles. The summed E-state index contributed by atoms with van der Waals surface area (Å²) in [5.74, 6) is 0.554. The number of carbonyl (C=O) groups excluding carboxylic acids is 1. The monoisotopic (exact) mass is 538 g/mol. The zero-order valence-corrected chi connectivity index (χ0v) is 25.5. The Labute approximate surface area is 239 Å². The summed E-state index contributed by atoms with van der Waals surface area (Å²) in [6.07, 6.45) is 18.1. The Morgan fingerprint density at radius 1 is 0.718 bits per heavy atom. The Bertz CT molecular complexity index is 879. The summed E-state index contributed by atoms with van der Waals surface area (Å²) in [7, 11) is 4.29. The molecule has 1 atom stereocenters. The average Bonchev–Trinajstić information content (AvgIpc) is 2.93. The molecule has 0 radical (unpaired) electrons. The summed E-state index contributed by atoms with van der Waals surface area (Å²) in [6.45, 7) is 5.86. The van der Waals surface area contributed by atoms with Gasteiger partial charge in [0.25, 0.3) is 0 Å². The van der Waals surface area contributed by atoms with E-state index in [4.69, 9.17) is 9.47 Å². The van der Waals surface area contributed by atoms with Gasteiger partial charge in [-0.2, -0.15) is 0 Å². The number of esters is 1. The molecule has 0 saturated carbocycles. The zero-order valence-electron chi connectivity index (χ0n) is 25.5. The van der Waals surface area contributed by atoms with E-state index in [1.54, 1.807) is 0 Å². The van der Waals surface area contributed by atoms with E-state index in [1.807, 2.05) is 25.1 Å². The minimum atomic E-state index is -0.551. The molecular weight excluding hydrogens is 482 g/mol. The van der Waals surface area contributed by atoms with Crippen molar-refractivity contribution in [3.05, 3.63) is 65.7 Å². The highest BCUT2D eigenvalue weighted by Gasteiger charge is 2.21. The van der Waals surface area contributed by atoms with Gasteiger partial charge in [-0.05, 0) is 30.5 Å². The molecule has 0 saturated heterocycles. The first-order valence-electron chi connectivity index (χ1n) is 15.7. The van der Waals surface area contributed by atoms with E-state index >= 15 is 0 Å². The molecule has 0 spiro atoms. The predicted octanol–water partition coefficient (Wildman–Crippen LogP) is 9.26. The molecule has 2 rings (SSSR count). The Morgan fingerprint density at radius 3 is 1.85 bits per heavy atom. The Kier molecular flexibility index (Phi) is 16.6. The largest absolute Gasteiger partial charge is 0.455 e. The van der Waals surface area contributed by atoms with Crippen LogP contribution in [-0.2, 0) is 22.5 Å². The molecule has 1 unspecified atom stereocenters. The number of carbonyl (C=O) groups is 1. The second kappa shape index (κ2) is 19.7. The summed E-state index contributed by atoms with van der Waals surface area (Å²) >= 11 is 0. The summed E-state index contributed by atoms with van der Waals surface area (Å²) in [4.78, 5) is 12.5. The Balaban J connectivity index is 1.58. The Morgan fingerprint density at radius 2 is 1.28 bits per heavy atom. The third-order valence-corrected chi connectivity index (χ3v) is 7.48. The third kappa shape index (κ3) is 15.8. The molecule has 2 aromatic rings. The maximum Gasteiger partial charge on any atom is 0.314 e. The predicted molar refractivity (Wildman–Crippen MR) is 164 cm³/mol. The number of quaternary nitrogens is 1. The van der Waals surface area contributed by atoms with Gasteiger partial charge in [-0.1, -0.05) is 127 Å². The van der Waals surface area contributed by atoms with Crippen LogP contribution in [0, 0.1) is 0 Å². The molecular formula is C35H56NO3+. The molecule has 0 aliphatic rings. The highest BCUT2D eigenvalue weighted by atomic mass is 16.7. The van der Waals surface area contributed by atoms with Crippen LogP contribution in [-0.4, -0.2) is 37.4 Å². The molecule has 4 heteroatoms. The number of hydrogen-bond acceptors (Lipinski definition) is 3. The molecule has 0 aliphatic carbocycles. The van der Waals surface area contributed by atoms with Crippen molar-refractivity contribution in [3.63, 3.8) is 0 Å². The van der Waals surface area contributed by atoms with Crippen LogP contribution in [0.25, 0.3) is 0 Å². The van der Waals surface area contributed by atoms with Crippen LogP contribution < -0.4 is 4.74 Å². The fourth-order valence-electron chi connectivity index (χ4n) is 5.00. The van der Waals surface area contributed by atoms with Gasteiger partial charge in [-0.15, -0.1) is 0 Å². The van der Waals surface area contributed by atoms with Crippen molar-refractivity contribution >= 4 is 5.97 Å². The lowest BCUT2D eigenvalue weighted by molar-refractivity contribution is -0.903. The van der Waals surface area contributed by atoms with Crippen LogP contribution in [0.4, 0.5) is 0 Å². The van der Waals surface area contributed by atoms with Crippen LogP contribution in [0.3, 0.4) is 0 Å². The summed E-state index contributed by atoms with van der Waals surface area (Å²) in [6, 6.07) is 18.7. The van der Waals surface area contributed by atoms with Crippen molar-refractivity contribution in [3.8, 4) is 5.75 Å². The van der Waals surface area contributed by atoms with Crippen LogP contribution >= 0.6 is 0 Å². The molecule has 0 fully saturated rings. The van der Waals surface area contributed by atoms with E-state index in [2.05, 4.69) is 57.4 Å². The van der Waals surface area contributed by atoms with E-state index in [0.29, 0.717) is 12.8 Å². The molecule has 0 N–H and O–H groups in total. The van der Waals surface area contributed by atoms with Gasteiger partial charge in [0.05, 0.1) is 27.1 Å². The second-order valence-corrected chi connectivity index (χ2v) is 11.8. The van der Waals surface area contributed by atoms with Crippen molar-refractivity contribution in [1.82, 2.24) is 0 Å². The fourth-order valence-corrected chi connectivity index (χ4v) is 5.00. The second-order valence-electron chi connectivity index (χ2n) is 11.8. The van der Waals surface area contributed by atoms with Gasteiger partial charge < -0.3 is 14.0 Å². The number of nitrogens with zero attached hydrogens (tertiary/aromatic N) is 1. The van der Waals surface area contributed by atoms with Crippen molar-refractivity contribution in [2.75, 3.05) is 20.6 Å². The van der Waals surface area contributed by atoms with Gasteiger partial charge in [0.15, 0.2) is 0 Å². The van der Waals surface area contributed by atoms with E-state index in [-0.39, 0.29) is 5.97 Å². The van der Waals surface area contributed by atoms with Gasteiger partial charge >= 0.3 is 5.97 Å². The first-order valence-corrected chi connectivity index (χ1v) is 15.7. The van der Waals surface area contributed by atoms with Crippen LogP contribution in [0.1, 0.15) is 115 Å². The van der Waals surface area contributed by atoms with Crippen molar-refractivity contribution in [2.24, 2.45) is 0 Å². The standard InChI is InChI=1S/C35H56NO3/c1-5-7-8-9-10-11-12-13-14-15-16-18-21-31-24-26-33(27-25-31)38-35(6-2)39-34(37)28-29-36(3,4)30-32-22-19-17-20-23-32/h17,19-20,22-27,35H,5-16,18,21,28-30H2,1-4H3/q+1. The first-order chi connectivity index (χ1) is 18.9. The minimum absolute atomic E-state index is 0.204. The topological polar surface area (TPSA) is 35.5 Å². The van der Waals surface area contributed by atoms with E-state index in [1.165, 1.54) is 88.2 Å². The van der Waals surface area contributed by atoms with Gasteiger partial charge in [0.2, 0.25) is 6.29 Å². The van der Waals surface area contributed by atoms with Crippen LogP contribution in [0.15, 0.2) is 54.6 Å². The number of benzene rings is 2. The fraction of sp³-hybridized carbons (Fsp3) is 0.629. The Hall–Kier alpha value is -2.33. The zero-order chi connectivity index (χ0) is 28.2. The van der Waals surface area contributed by atoms with E-state index in [0.717, 1.165) is 29.7 Å². The smallest absolute Gasteiger partial charge is 0.314 e. The molecule has 0 amide bonds. The maximum absolute atomic E-state index is 12.5. The van der Waals surface area contributed by atoms with E-state index in [9.17, 15) is 4.79 Å². The summed E-state index contributed by atoms with van der Waals surface area (Å²) in [5.41, 5.74) is 2.62. The van der Waals surface area contributed by atoms with E-state index < -0.39 is 6.29 Å². The normalized spacial score (nSPS) is 12.3. The number of rotatable bonds is 22. The van der Waals surface area contributed by atoms with Crippen LogP contribution in [0.2, 0.25) is 0 Å².